The standard InChI is InChI=1S/C8H8O4/c1-2-12-8(10)6-5-11-4-3-7(6)9/h3-5H,2H2,1H3. The normalized spacial score (nSPS) is 9.42. The summed E-state index contributed by atoms with van der Waals surface area (Å²) in [5, 5.41) is 0. The quantitative estimate of drug-likeness (QED) is 0.613. The highest BCUT2D eigenvalue weighted by Crippen LogP contribution is 1.94. The second kappa shape index (κ2) is 3.71. The summed E-state index contributed by atoms with van der Waals surface area (Å²) in [4.78, 5) is 22.0. The van der Waals surface area contributed by atoms with Gasteiger partial charge in [0.1, 0.15) is 11.8 Å². The zero-order chi connectivity index (χ0) is 8.97. The molecule has 1 aromatic rings. The summed E-state index contributed by atoms with van der Waals surface area (Å²) in [5.74, 6) is -0.646. The predicted molar refractivity (Wildman–Crippen MR) is 40.9 cm³/mol. The van der Waals surface area contributed by atoms with Crippen molar-refractivity contribution >= 4 is 5.97 Å². The summed E-state index contributed by atoms with van der Waals surface area (Å²) >= 11 is 0. The Morgan fingerprint density at radius 2 is 2.42 bits per heavy atom. The van der Waals surface area contributed by atoms with Gasteiger partial charge in [-0.05, 0) is 6.92 Å². The third kappa shape index (κ3) is 1.72. The number of carbonyl (C=O) groups is 1. The number of hydrogen-bond donors (Lipinski definition) is 0. The third-order valence-corrected chi connectivity index (χ3v) is 1.24. The number of ether oxygens (including phenoxy) is 1. The maximum atomic E-state index is 11.0. The van der Waals surface area contributed by atoms with Crippen molar-refractivity contribution < 1.29 is 13.9 Å². The molecule has 0 saturated carbocycles. The molecule has 0 amide bonds. The lowest BCUT2D eigenvalue weighted by Gasteiger charge is -1.97. The molecule has 0 aliphatic rings. The average molecular weight is 168 g/mol. The largest absolute Gasteiger partial charge is 0.471 e. The van der Waals surface area contributed by atoms with Crippen LogP contribution in [0.4, 0.5) is 0 Å². The topological polar surface area (TPSA) is 56.5 Å². The van der Waals surface area contributed by atoms with E-state index in [4.69, 9.17) is 0 Å². The Morgan fingerprint density at radius 1 is 1.67 bits per heavy atom. The van der Waals surface area contributed by atoms with E-state index in [2.05, 4.69) is 9.15 Å². The van der Waals surface area contributed by atoms with E-state index in [0.29, 0.717) is 0 Å². The molecule has 0 fully saturated rings. The Balaban J connectivity index is 2.95. The van der Waals surface area contributed by atoms with Crippen LogP contribution in [0.15, 0.2) is 27.8 Å². The van der Waals surface area contributed by atoms with Crippen LogP contribution in [0.2, 0.25) is 0 Å². The lowest BCUT2D eigenvalue weighted by molar-refractivity contribution is 0.0522. The third-order valence-electron chi connectivity index (χ3n) is 1.24. The Morgan fingerprint density at radius 3 is 3.00 bits per heavy atom. The van der Waals surface area contributed by atoms with Crippen LogP contribution in [0.25, 0.3) is 0 Å². The molecule has 0 atom stereocenters. The molecule has 4 heteroatoms. The number of hydrogen-bond acceptors (Lipinski definition) is 4. The van der Waals surface area contributed by atoms with Gasteiger partial charge < -0.3 is 9.15 Å². The highest BCUT2D eigenvalue weighted by molar-refractivity contribution is 5.88. The van der Waals surface area contributed by atoms with Crippen LogP contribution < -0.4 is 5.43 Å². The number of carbonyl (C=O) groups excluding carboxylic acids is 1. The minimum Gasteiger partial charge on any atom is -0.471 e. The summed E-state index contributed by atoms with van der Waals surface area (Å²) in [6.07, 6.45) is 2.30. The van der Waals surface area contributed by atoms with Gasteiger partial charge in [-0.1, -0.05) is 0 Å². The van der Waals surface area contributed by atoms with E-state index in [1.807, 2.05) is 0 Å². The summed E-state index contributed by atoms with van der Waals surface area (Å²) in [6.45, 7) is 1.91. The number of rotatable bonds is 2. The van der Waals surface area contributed by atoms with Gasteiger partial charge in [-0.3, -0.25) is 4.79 Å². The van der Waals surface area contributed by atoms with Crippen LogP contribution in [-0.4, -0.2) is 12.6 Å². The van der Waals surface area contributed by atoms with Gasteiger partial charge in [0.25, 0.3) is 0 Å². The van der Waals surface area contributed by atoms with E-state index in [9.17, 15) is 9.59 Å². The van der Waals surface area contributed by atoms with E-state index >= 15 is 0 Å². The molecule has 0 radical (unpaired) electrons. The molecular formula is C8H8O4. The lowest BCUT2D eigenvalue weighted by atomic mass is 10.3. The Bertz CT molecular complexity index is 326. The molecule has 0 spiro atoms. The van der Waals surface area contributed by atoms with Crippen LogP contribution >= 0.6 is 0 Å². The van der Waals surface area contributed by atoms with Gasteiger partial charge in [-0.15, -0.1) is 0 Å². The highest BCUT2D eigenvalue weighted by atomic mass is 16.5. The first kappa shape index (κ1) is 8.52. The van der Waals surface area contributed by atoms with Gasteiger partial charge in [0, 0.05) is 6.07 Å². The van der Waals surface area contributed by atoms with Crippen LogP contribution in [0.3, 0.4) is 0 Å². The van der Waals surface area contributed by atoms with Gasteiger partial charge >= 0.3 is 5.97 Å². The summed E-state index contributed by atoms with van der Waals surface area (Å²) in [5.41, 5.74) is -0.459. The predicted octanol–water partition coefficient (Wildman–Crippen LogP) is 0.817. The molecule has 1 rings (SSSR count). The van der Waals surface area contributed by atoms with Crippen molar-refractivity contribution in [3.63, 3.8) is 0 Å². The minimum atomic E-state index is -0.646. The van der Waals surface area contributed by atoms with Crippen LogP contribution in [0.1, 0.15) is 17.3 Å². The van der Waals surface area contributed by atoms with Crippen LogP contribution in [0, 0.1) is 0 Å². The van der Waals surface area contributed by atoms with Crippen LogP contribution in [0.5, 0.6) is 0 Å². The fourth-order valence-electron chi connectivity index (χ4n) is 0.714. The monoisotopic (exact) mass is 168 g/mol. The maximum Gasteiger partial charge on any atom is 0.345 e. The van der Waals surface area contributed by atoms with Gasteiger partial charge in [0.2, 0.25) is 0 Å². The van der Waals surface area contributed by atoms with E-state index in [1.54, 1.807) is 6.92 Å². The van der Waals surface area contributed by atoms with Crippen molar-refractivity contribution in [3.8, 4) is 0 Å². The second-order valence-corrected chi connectivity index (χ2v) is 2.06. The van der Waals surface area contributed by atoms with Crippen molar-refractivity contribution in [2.75, 3.05) is 6.61 Å². The van der Waals surface area contributed by atoms with Gasteiger partial charge in [0.15, 0.2) is 5.43 Å². The molecule has 0 saturated heterocycles. The Labute approximate surface area is 68.8 Å². The van der Waals surface area contributed by atoms with Gasteiger partial charge in [-0.2, -0.15) is 0 Å². The molecular weight excluding hydrogens is 160 g/mol. The molecule has 0 unspecified atom stereocenters. The fourth-order valence-corrected chi connectivity index (χ4v) is 0.714. The first-order chi connectivity index (χ1) is 5.75. The molecule has 0 aliphatic heterocycles. The van der Waals surface area contributed by atoms with Crippen molar-refractivity contribution in [2.24, 2.45) is 0 Å². The molecule has 64 valence electrons. The molecule has 0 aromatic carbocycles. The zero-order valence-electron chi connectivity index (χ0n) is 6.57. The molecule has 12 heavy (non-hydrogen) atoms. The van der Waals surface area contributed by atoms with Gasteiger partial charge in [-0.25, -0.2) is 4.79 Å². The minimum absolute atomic E-state index is 0.0700. The van der Waals surface area contributed by atoms with Crippen LogP contribution in [-0.2, 0) is 4.74 Å². The van der Waals surface area contributed by atoms with E-state index in [-0.39, 0.29) is 17.6 Å². The van der Waals surface area contributed by atoms with E-state index in [0.717, 1.165) is 6.26 Å². The lowest BCUT2D eigenvalue weighted by Crippen LogP contribution is -2.15. The molecule has 1 heterocycles. The van der Waals surface area contributed by atoms with Crippen molar-refractivity contribution in [2.45, 2.75) is 6.92 Å². The molecule has 4 nitrogen and oxygen atoms in total. The van der Waals surface area contributed by atoms with E-state index < -0.39 is 5.97 Å². The second-order valence-electron chi connectivity index (χ2n) is 2.06. The molecule has 0 N–H and O–H groups in total. The smallest absolute Gasteiger partial charge is 0.345 e. The Kier molecular flexibility index (Phi) is 2.63. The first-order valence-electron chi connectivity index (χ1n) is 3.49. The molecule has 0 bridgehead atoms. The van der Waals surface area contributed by atoms with Crippen molar-refractivity contribution in [1.82, 2.24) is 0 Å². The SMILES string of the molecule is CCOC(=O)c1coccc1=O. The fraction of sp³-hybridized carbons (Fsp3) is 0.250. The number of esters is 1. The average Bonchev–Trinajstić information content (AvgIpc) is 2.05. The highest BCUT2D eigenvalue weighted by Gasteiger charge is 2.10. The summed E-state index contributed by atoms with van der Waals surface area (Å²) in [7, 11) is 0. The Hall–Kier alpha value is -1.58. The summed E-state index contributed by atoms with van der Waals surface area (Å²) in [6, 6.07) is 1.17. The first-order valence-corrected chi connectivity index (χ1v) is 3.49. The van der Waals surface area contributed by atoms with Crippen molar-refractivity contribution in [3.05, 3.63) is 34.4 Å². The maximum absolute atomic E-state index is 11.0. The van der Waals surface area contributed by atoms with Crippen molar-refractivity contribution in [1.29, 1.82) is 0 Å². The zero-order valence-corrected chi connectivity index (χ0v) is 6.57. The molecule has 0 aliphatic carbocycles. The molecule has 1 aromatic heterocycles. The van der Waals surface area contributed by atoms with E-state index in [1.165, 1.54) is 12.3 Å². The van der Waals surface area contributed by atoms with Gasteiger partial charge in [0.05, 0.1) is 12.9 Å². The summed E-state index contributed by atoms with van der Waals surface area (Å²) < 4.78 is 9.27.